The van der Waals surface area contributed by atoms with E-state index in [1.54, 1.807) is 0 Å². The molecule has 16 heavy (non-hydrogen) atoms. The van der Waals surface area contributed by atoms with Crippen LogP contribution in [0.1, 0.15) is 11.4 Å². The van der Waals surface area contributed by atoms with E-state index in [-0.39, 0.29) is 6.54 Å². The number of amides is 3. The Hall–Kier alpha value is -1.95. The Morgan fingerprint density at radius 1 is 1.44 bits per heavy atom. The third-order valence-electron chi connectivity index (χ3n) is 1.80. The maximum absolute atomic E-state index is 11.0. The fraction of sp³-hybridized carbons (Fsp3) is 0.300. The monoisotopic (exact) mass is 222 g/mol. The van der Waals surface area contributed by atoms with Crippen LogP contribution >= 0.6 is 0 Å². The summed E-state index contributed by atoms with van der Waals surface area (Å²) in [6, 6.07) is 4.79. The van der Waals surface area contributed by atoms with E-state index in [4.69, 9.17) is 5.73 Å². The average Bonchev–Trinajstić information content (AvgIpc) is 2.16. The summed E-state index contributed by atoms with van der Waals surface area (Å²) in [6.45, 7) is 2.38. The van der Waals surface area contributed by atoms with Gasteiger partial charge in [0.05, 0.1) is 12.2 Å². The molecule has 0 aliphatic rings. The van der Waals surface area contributed by atoms with Crippen molar-refractivity contribution in [3.63, 3.8) is 0 Å². The van der Waals surface area contributed by atoms with Gasteiger partial charge in [0.25, 0.3) is 0 Å². The van der Waals surface area contributed by atoms with Crippen LogP contribution in [0.5, 0.6) is 0 Å². The third kappa shape index (κ3) is 4.52. The van der Waals surface area contributed by atoms with Gasteiger partial charge in [0.15, 0.2) is 0 Å². The number of primary amides is 1. The minimum absolute atomic E-state index is 0.0264. The Labute approximate surface area is 93.2 Å². The number of aromatic nitrogens is 1. The summed E-state index contributed by atoms with van der Waals surface area (Å²) in [5, 5.41) is 4.81. The Bertz CT molecular complexity index is 392. The van der Waals surface area contributed by atoms with Gasteiger partial charge in [-0.05, 0) is 19.1 Å². The lowest BCUT2D eigenvalue weighted by atomic mass is 10.3. The van der Waals surface area contributed by atoms with Crippen LogP contribution in [0, 0.1) is 6.92 Å². The molecule has 0 atom stereocenters. The molecular weight excluding hydrogens is 208 g/mol. The van der Waals surface area contributed by atoms with Crippen molar-refractivity contribution in [2.45, 2.75) is 13.5 Å². The van der Waals surface area contributed by atoms with Crippen molar-refractivity contribution in [3.05, 3.63) is 29.6 Å². The first-order chi connectivity index (χ1) is 7.58. The summed E-state index contributed by atoms with van der Waals surface area (Å²) < 4.78 is 0. The molecule has 6 nitrogen and oxygen atoms in total. The van der Waals surface area contributed by atoms with Gasteiger partial charge in [0.1, 0.15) is 0 Å². The third-order valence-corrected chi connectivity index (χ3v) is 1.80. The van der Waals surface area contributed by atoms with Crippen LogP contribution in [0.2, 0.25) is 0 Å². The zero-order valence-corrected chi connectivity index (χ0v) is 8.99. The topological polar surface area (TPSA) is 97.1 Å². The zero-order valence-electron chi connectivity index (χ0n) is 8.99. The number of nitrogens with one attached hydrogen (secondary N) is 2. The molecule has 0 fully saturated rings. The highest BCUT2D eigenvalue weighted by Gasteiger charge is 2.03. The number of carbonyl (C=O) groups excluding carboxylic acids is 2. The molecular formula is C10H14N4O2. The number of aryl methyl sites for hydroxylation is 1. The van der Waals surface area contributed by atoms with Crippen LogP contribution in [0.25, 0.3) is 0 Å². The van der Waals surface area contributed by atoms with E-state index in [1.807, 2.05) is 30.4 Å². The number of imide groups is 1. The zero-order chi connectivity index (χ0) is 12.0. The fourth-order valence-corrected chi connectivity index (χ4v) is 1.18. The Morgan fingerprint density at radius 3 is 2.81 bits per heavy atom. The minimum atomic E-state index is -0.847. The first kappa shape index (κ1) is 12.1. The normalized spacial score (nSPS) is 9.81. The van der Waals surface area contributed by atoms with E-state index >= 15 is 0 Å². The highest BCUT2D eigenvalue weighted by molar-refractivity contribution is 5.94. The number of rotatable bonds is 4. The molecule has 0 unspecified atom stereocenters. The Morgan fingerprint density at radius 2 is 2.19 bits per heavy atom. The standard InChI is InChI=1S/C10H14N4O2/c1-7-3-2-4-8(13-7)5-12-6-9(15)14-10(11)16/h2-4,12H,5-6H2,1H3,(H3,11,14,15,16). The number of pyridine rings is 1. The van der Waals surface area contributed by atoms with Crippen LogP contribution in [-0.4, -0.2) is 23.5 Å². The van der Waals surface area contributed by atoms with Crippen LogP contribution in [0.4, 0.5) is 4.79 Å². The largest absolute Gasteiger partial charge is 0.351 e. The van der Waals surface area contributed by atoms with E-state index in [0.717, 1.165) is 11.4 Å². The molecule has 0 aromatic carbocycles. The Balaban J connectivity index is 2.30. The van der Waals surface area contributed by atoms with Crippen molar-refractivity contribution < 1.29 is 9.59 Å². The van der Waals surface area contributed by atoms with Gasteiger partial charge in [-0.25, -0.2) is 4.79 Å². The molecule has 1 aromatic heterocycles. The number of hydrogen-bond acceptors (Lipinski definition) is 4. The molecule has 0 saturated heterocycles. The van der Waals surface area contributed by atoms with E-state index in [0.29, 0.717) is 6.54 Å². The van der Waals surface area contributed by atoms with Gasteiger partial charge < -0.3 is 11.1 Å². The molecule has 0 bridgehead atoms. The van der Waals surface area contributed by atoms with Gasteiger partial charge in [-0.15, -0.1) is 0 Å². The summed E-state index contributed by atoms with van der Waals surface area (Å²) in [5.41, 5.74) is 6.54. The van der Waals surface area contributed by atoms with Gasteiger partial charge in [0.2, 0.25) is 5.91 Å². The van der Waals surface area contributed by atoms with Gasteiger partial charge in [-0.1, -0.05) is 6.07 Å². The van der Waals surface area contributed by atoms with Crippen LogP contribution in [-0.2, 0) is 11.3 Å². The first-order valence-corrected chi connectivity index (χ1v) is 4.80. The predicted molar refractivity (Wildman–Crippen MR) is 58.4 cm³/mol. The summed E-state index contributed by atoms with van der Waals surface area (Å²) in [5.74, 6) is -0.458. The van der Waals surface area contributed by atoms with Crippen molar-refractivity contribution >= 4 is 11.9 Å². The molecule has 1 aromatic rings. The van der Waals surface area contributed by atoms with Crippen molar-refractivity contribution in [3.8, 4) is 0 Å². The number of nitrogens with zero attached hydrogens (tertiary/aromatic N) is 1. The maximum Gasteiger partial charge on any atom is 0.318 e. The molecule has 0 spiro atoms. The predicted octanol–water partition coefficient (Wildman–Crippen LogP) is -0.325. The van der Waals surface area contributed by atoms with Gasteiger partial charge >= 0.3 is 6.03 Å². The highest BCUT2D eigenvalue weighted by Crippen LogP contribution is 1.96. The Kier molecular flexibility index (Phi) is 4.41. The average molecular weight is 222 g/mol. The summed E-state index contributed by atoms with van der Waals surface area (Å²) in [4.78, 5) is 25.6. The molecule has 0 aliphatic carbocycles. The van der Waals surface area contributed by atoms with Gasteiger partial charge in [0, 0.05) is 12.2 Å². The number of carbonyl (C=O) groups is 2. The first-order valence-electron chi connectivity index (χ1n) is 4.80. The summed E-state index contributed by atoms with van der Waals surface area (Å²) in [7, 11) is 0. The molecule has 0 aliphatic heterocycles. The second-order valence-electron chi connectivity index (χ2n) is 3.29. The lowest BCUT2D eigenvalue weighted by Crippen LogP contribution is -2.40. The van der Waals surface area contributed by atoms with Gasteiger partial charge in [-0.2, -0.15) is 0 Å². The quantitative estimate of drug-likeness (QED) is 0.650. The molecule has 86 valence electrons. The lowest BCUT2D eigenvalue weighted by Gasteiger charge is -2.04. The highest BCUT2D eigenvalue weighted by atomic mass is 16.2. The van der Waals surface area contributed by atoms with Crippen LogP contribution in [0.15, 0.2) is 18.2 Å². The van der Waals surface area contributed by atoms with E-state index in [2.05, 4.69) is 10.3 Å². The summed E-state index contributed by atoms with van der Waals surface area (Å²) in [6.07, 6.45) is 0. The SMILES string of the molecule is Cc1cccc(CNCC(=O)NC(N)=O)n1. The molecule has 6 heteroatoms. The molecule has 1 rings (SSSR count). The molecule has 4 N–H and O–H groups in total. The number of nitrogens with two attached hydrogens (primary N) is 1. The van der Waals surface area contributed by atoms with E-state index < -0.39 is 11.9 Å². The van der Waals surface area contributed by atoms with Crippen molar-refractivity contribution in [2.75, 3.05) is 6.54 Å². The molecule has 3 amide bonds. The molecule has 1 heterocycles. The van der Waals surface area contributed by atoms with Crippen molar-refractivity contribution in [2.24, 2.45) is 5.73 Å². The fourth-order valence-electron chi connectivity index (χ4n) is 1.18. The second kappa shape index (κ2) is 5.82. The summed E-state index contributed by atoms with van der Waals surface area (Å²) >= 11 is 0. The van der Waals surface area contributed by atoms with Crippen molar-refractivity contribution in [1.29, 1.82) is 0 Å². The van der Waals surface area contributed by atoms with E-state index in [9.17, 15) is 9.59 Å². The van der Waals surface area contributed by atoms with Gasteiger partial charge in [-0.3, -0.25) is 15.1 Å². The maximum atomic E-state index is 11.0. The number of urea groups is 1. The molecule has 0 saturated carbocycles. The van der Waals surface area contributed by atoms with E-state index in [1.165, 1.54) is 0 Å². The van der Waals surface area contributed by atoms with Crippen LogP contribution < -0.4 is 16.4 Å². The van der Waals surface area contributed by atoms with Crippen molar-refractivity contribution in [1.82, 2.24) is 15.6 Å². The smallest absolute Gasteiger partial charge is 0.318 e. The lowest BCUT2D eigenvalue weighted by molar-refractivity contribution is -0.119. The molecule has 0 radical (unpaired) electrons. The van der Waals surface area contributed by atoms with Crippen LogP contribution in [0.3, 0.4) is 0 Å². The second-order valence-corrected chi connectivity index (χ2v) is 3.29. The minimum Gasteiger partial charge on any atom is -0.351 e. The number of hydrogen-bond donors (Lipinski definition) is 3.